The summed E-state index contributed by atoms with van der Waals surface area (Å²) in [5, 5.41) is 38.6. The van der Waals surface area contributed by atoms with Gasteiger partial charge >= 0.3 is 11.9 Å². The average Bonchev–Trinajstić information content (AvgIpc) is 2.99. The molecule has 2 atom stereocenters. The van der Waals surface area contributed by atoms with Crippen LogP contribution in [0.1, 0.15) is 34.0 Å². The molecule has 4 N–H and O–H groups in total. The van der Waals surface area contributed by atoms with Crippen molar-refractivity contribution in [3.05, 3.63) is 80.5 Å². The van der Waals surface area contributed by atoms with Crippen molar-refractivity contribution in [2.75, 3.05) is 39.6 Å². The lowest BCUT2D eigenvalue weighted by molar-refractivity contribution is 0.000498. The van der Waals surface area contributed by atoms with Crippen molar-refractivity contribution < 1.29 is 57.8 Å². The van der Waals surface area contributed by atoms with Crippen LogP contribution in [0.5, 0.6) is 11.5 Å². The summed E-state index contributed by atoms with van der Waals surface area (Å²) in [6.45, 7) is 0.266. The first kappa shape index (κ1) is 32.2. The molecule has 2 unspecified atom stereocenters. The molecule has 4 rings (SSSR count). The Bertz CT molecular complexity index is 1600. The van der Waals surface area contributed by atoms with Crippen LogP contribution in [-0.2, 0) is 9.47 Å². The largest absolute Gasteiger partial charge is 0.490 e. The van der Waals surface area contributed by atoms with Gasteiger partial charge in [-0.25, -0.2) is 9.59 Å². The fraction of sp³-hybridized carbons (Fsp3) is 0.333. The summed E-state index contributed by atoms with van der Waals surface area (Å²) in [6.07, 6.45) is -0.759. The van der Waals surface area contributed by atoms with Crippen LogP contribution in [0.2, 0.25) is 0 Å². The number of benzene rings is 2. The minimum Gasteiger partial charge on any atom is -0.490 e. The van der Waals surface area contributed by atoms with Gasteiger partial charge in [0.15, 0.2) is 10.9 Å². The first-order chi connectivity index (χ1) is 21.1. The molecule has 0 radical (unpaired) electrons. The highest BCUT2D eigenvalue weighted by molar-refractivity contribution is 5.90. The fourth-order valence-electron chi connectivity index (χ4n) is 4.12. The Kier molecular flexibility index (Phi) is 11.0. The van der Waals surface area contributed by atoms with Crippen LogP contribution in [0.25, 0.3) is 21.9 Å². The van der Waals surface area contributed by atoms with Crippen LogP contribution < -0.4 is 20.3 Å². The van der Waals surface area contributed by atoms with E-state index in [1.54, 1.807) is 0 Å². The maximum atomic E-state index is 12.3. The van der Waals surface area contributed by atoms with Crippen LogP contribution >= 0.6 is 0 Å². The van der Waals surface area contributed by atoms with Gasteiger partial charge in [-0.1, -0.05) is 12.1 Å². The summed E-state index contributed by atoms with van der Waals surface area (Å²) in [6, 6.07) is 10.7. The standard InChI is InChI=1S/C30H30O14/c31-17(15-41-21-5-3-7-23-27(21)19(33)11-25(43-23)29(35)36)13-39-9-1-2-10-40-14-18(32)16-42-22-6-4-8-24-28(22)20(34)12-26(44-24)30(37)38/h3-8,11-12,17-18,31-32H,1-2,9-10,13-16H2,(H,35,36)(H,37,38). The number of carboxylic acid groups (broad SMARTS) is 2. The quantitative estimate of drug-likeness (QED) is 0.126. The molecule has 2 aromatic heterocycles. The summed E-state index contributed by atoms with van der Waals surface area (Å²) in [5.41, 5.74) is -1.05. The molecule has 14 nitrogen and oxygen atoms in total. The van der Waals surface area contributed by atoms with Crippen molar-refractivity contribution in [2.45, 2.75) is 25.0 Å². The molecule has 234 valence electrons. The van der Waals surface area contributed by atoms with Gasteiger partial charge in [-0.2, -0.15) is 0 Å². The van der Waals surface area contributed by atoms with E-state index in [-0.39, 0.29) is 59.9 Å². The third-order valence-electron chi connectivity index (χ3n) is 6.16. The van der Waals surface area contributed by atoms with Gasteiger partial charge in [0.2, 0.25) is 11.5 Å². The number of carboxylic acids is 2. The molecule has 0 aliphatic carbocycles. The molecule has 2 aromatic carbocycles. The molecule has 0 aliphatic rings. The Balaban J connectivity index is 1.10. The van der Waals surface area contributed by atoms with E-state index in [1.807, 2.05) is 0 Å². The van der Waals surface area contributed by atoms with Crippen molar-refractivity contribution in [1.82, 2.24) is 0 Å². The number of hydrogen-bond acceptors (Lipinski definition) is 12. The second-order valence-electron chi connectivity index (χ2n) is 9.61. The molecule has 0 saturated carbocycles. The van der Waals surface area contributed by atoms with Gasteiger partial charge in [0, 0.05) is 25.3 Å². The molecular formula is C30H30O14. The maximum Gasteiger partial charge on any atom is 0.371 e. The molecule has 2 heterocycles. The SMILES string of the molecule is O=C(O)c1cc(=O)c2c(OCC(O)COCCCCOCC(O)COc3cccc4oc(C(=O)O)cc(=O)c34)cccc2o1. The van der Waals surface area contributed by atoms with Crippen LogP contribution in [0.15, 0.2) is 67.0 Å². The van der Waals surface area contributed by atoms with Crippen molar-refractivity contribution >= 4 is 33.9 Å². The van der Waals surface area contributed by atoms with Crippen molar-refractivity contribution in [1.29, 1.82) is 0 Å². The van der Waals surface area contributed by atoms with Crippen LogP contribution in [0, 0.1) is 0 Å². The van der Waals surface area contributed by atoms with E-state index in [4.69, 9.17) is 38.0 Å². The monoisotopic (exact) mass is 614 g/mol. The summed E-state index contributed by atoms with van der Waals surface area (Å²) in [7, 11) is 0. The van der Waals surface area contributed by atoms with Crippen molar-refractivity contribution in [2.24, 2.45) is 0 Å². The third-order valence-corrected chi connectivity index (χ3v) is 6.16. The third kappa shape index (κ3) is 8.41. The number of unbranched alkanes of at least 4 members (excludes halogenated alkanes) is 1. The number of ether oxygens (including phenoxy) is 4. The zero-order valence-corrected chi connectivity index (χ0v) is 23.3. The molecule has 0 spiro atoms. The zero-order valence-electron chi connectivity index (χ0n) is 23.3. The van der Waals surface area contributed by atoms with E-state index in [9.17, 15) is 29.4 Å². The molecule has 44 heavy (non-hydrogen) atoms. The van der Waals surface area contributed by atoms with Gasteiger partial charge < -0.3 is 48.2 Å². The molecular weight excluding hydrogens is 584 g/mol. The summed E-state index contributed by atoms with van der Waals surface area (Å²) in [5.74, 6) is -3.42. The van der Waals surface area contributed by atoms with E-state index in [0.717, 1.165) is 12.1 Å². The molecule has 14 heteroatoms. The number of fused-ring (bicyclic) bond motifs is 2. The predicted molar refractivity (Wildman–Crippen MR) is 153 cm³/mol. The minimum atomic E-state index is -1.37. The first-order valence-corrected chi connectivity index (χ1v) is 13.5. The number of aliphatic hydroxyl groups is 2. The molecule has 0 amide bonds. The summed E-state index contributed by atoms with van der Waals surface area (Å²) in [4.78, 5) is 46.9. The number of hydrogen-bond donors (Lipinski definition) is 4. The van der Waals surface area contributed by atoms with E-state index in [0.29, 0.717) is 26.1 Å². The molecule has 0 saturated heterocycles. The van der Waals surface area contributed by atoms with Crippen LogP contribution in [0.3, 0.4) is 0 Å². The van der Waals surface area contributed by atoms with E-state index >= 15 is 0 Å². The highest BCUT2D eigenvalue weighted by atomic mass is 16.5. The molecule has 0 fully saturated rings. The molecule has 0 bridgehead atoms. The topological polar surface area (TPSA) is 212 Å². The summed E-state index contributed by atoms with van der Waals surface area (Å²) < 4.78 is 32.4. The Morgan fingerprint density at radius 3 is 1.45 bits per heavy atom. The number of rotatable bonds is 17. The smallest absolute Gasteiger partial charge is 0.371 e. The van der Waals surface area contributed by atoms with Crippen molar-refractivity contribution in [3.8, 4) is 11.5 Å². The number of aromatic carboxylic acids is 2. The minimum absolute atomic E-state index is 0.0242. The van der Waals surface area contributed by atoms with E-state index in [2.05, 4.69) is 0 Å². The maximum absolute atomic E-state index is 12.3. The van der Waals surface area contributed by atoms with Gasteiger partial charge in [-0.3, -0.25) is 9.59 Å². The Morgan fingerprint density at radius 1 is 0.659 bits per heavy atom. The van der Waals surface area contributed by atoms with E-state index < -0.39 is 46.5 Å². The van der Waals surface area contributed by atoms with Gasteiger partial charge in [-0.15, -0.1) is 0 Å². The predicted octanol–water partition coefficient (Wildman–Crippen LogP) is 2.29. The van der Waals surface area contributed by atoms with Crippen LogP contribution in [-0.4, -0.2) is 84.2 Å². The van der Waals surface area contributed by atoms with E-state index in [1.165, 1.54) is 36.4 Å². The highest BCUT2D eigenvalue weighted by Gasteiger charge is 2.17. The Morgan fingerprint density at radius 2 is 1.07 bits per heavy atom. The van der Waals surface area contributed by atoms with Gasteiger partial charge in [0.05, 0.1) is 13.2 Å². The second kappa shape index (κ2) is 15.1. The lowest BCUT2D eigenvalue weighted by Crippen LogP contribution is -2.24. The van der Waals surface area contributed by atoms with Gasteiger partial charge in [0.1, 0.15) is 58.9 Å². The highest BCUT2D eigenvalue weighted by Crippen LogP contribution is 2.25. The average molecular weight is 615 g/mol. The number of aliphatic hydroxyl groups excluding tert-OH is 2. The Hall–Kier alpha value is -4.76. The van der Waals surface area contributed by atoms with Crippen LogP contribution in [0.4, 0.5) is 0 Å². The first-order valence-electron chi connectivity index (χ1n) is 13.5. The summed E-state index contributed by atoms with van der Waals surface area (Å²) >= 11 is 0. The fourth-order valence-corrected chi connectivity index (χ4v) is 4.12. The zero-order chi connectivity index (χ0) is 31.6. The Labute approximate surface area is 248 Å². The number of carbonyl (C=O) groups is 2. The van der Waals surface area contributed by atoms with Crippen molar-refractivity contribution in [3.63, 3.8) is 0 Å². The van der Waals surface area contributed by atoms with Gasteiger partial charge in [0.25, 0.3) is 0 Å². The lowest BCUT2D eigenvalue weighted by atomic mass is 10.2. The molecule has 0 aliphatic heterocycles. The van der Waals surface area contributed by atoms with Gasteiger partial charge in [-0.05, 0) is 37.1 Å². The lowest BCUT2D eigenvalue weighted by Gasteiger charge is -2.14. The normalized spacial score (nSPS) is 12.7. The second-order valence-corrected chi connectivity index (χ2v) is 9.61. The molecule has 4 aromatic rings.